The number of aliphatic hydroxyl groups excluding tert-OH is 1. The Bertz CT molecular complexity index is 1340. The van der Waals surface area contributed by atoms with Gasteiger partial charge in [0.25, 0.3) is 0 Å². The van der Waals surface area contributed by atoms with Gasteiger partial charge < -0.3 is 25.5 Å². The van der Waals surface area contributed by atoms with Crippen LogP contribution in [0, 0.1) is 11.8 Å². The topological polar surface area (TPSA) is 121 Å². The lowest BCUT2D eigenvalue weighted by Gasteiger charge is -2.24. The third-order valence-electron chi connectivity index (χ3n) is 7.47. The molecule has 0 spiro atoms. The predicted octanol–water partition coefficient (Wildman–Crippen LogP) is 5.03. The van der Waals surface area contributed by atoms with Crippen LogP contribution < -0.4 is 10.6 Å². The minimum absolute atomic E-state index is 0.00855. The summed E-state index contributed by atoms with van der Waals surface area (Å²) in [6.07, 6.45) is 8.92. The first-order valence-corrected chi connectivity index (χ1v) is 15.0. The second-order valence-electron chi connectivity index (χ2n) is 11.1. The number of aliphatic hydroxyl groups is 1. The Morgan fingerprint density at radius 1 is 0.977 bits per heavy atom. The molecule has 0 radical (unpaired) electrons. The first kappa shape index (κ1) is 33.3. The lowest BCUT2D eigenvalue weighted by molar-refractivity contribution is -0.150. The van der Waals surface area contributed by atoms with Gasteiger partial charge in [0.15, 0.2) is 0 Å². The molecule has 0 aliphatic rings. The first-order valence-electron chi connectivity index (χ1n) is 15.0. The van der Waals surface area contributed by atoms with Crippen LogP contribution in [0.3, 0.4) is 0 Å². The summed E-state index contributed by atoms with van der Waals surface area (Å²) in [7, 11) is 0. The van der Waals surface area contributed by atoms with Gasteiger partial charge in [-0.05, 0) is 62.6 Å². The first-order chi connectivity index (χ1) is 20.8. The van der Waals surface area contributed by atoms with Crippen LogP contribution in [0.1, 0.15) is 50.2 Å². The van der Waals surface area contributed by atoms with Gasteiger partial charge >= 0.3 is 5.97 Å². The minimum Gasteiger partial charge on any atom is -0.463 e. The minimum atomic E-state index is -0.658. The van der Waals surface area contributed by atoms with Gasteiger partial charge in [0.05, 0.1) is 24.5 Å². The molecule has 4 atom stereocenters. The van der Waals surface area contributed by atoms with Crippen molar-refractivity contribution >= 4 is 28.7 Å². The van der Waals surface area contributed by atoms with E-state index in [1.165, 1.54) is 0 Å². The molecule has 43 heavy (non-hydrogen) atoms. The Labute approximate surface area is 254 Å². The molecular weight excluding hydrogens is 542 g/mol. The second-order valence-corrected chi connectivity index (χ2v) is 11.1. The SMILES string of the molecule is C=CCCC[C@H](Cc1ccccc1)C(=O)OC[C@H](Cc1c[nH]c2ccccc12)NC(=O)[C@@H](CC=C)CC(=O)N[C@@H](C)CO. The molecule has 0 unspecified atom stereocenters. The summed E-state index contributed by atoms with van der Waals surface area (Å²) in [5.74, 6) is -1.93. The molecule has 2 amide bonds. The van der Waals surface area contributed by atoms with Crippen molar-refractivity contribution in [3.63, 3.8) is 0 Å². The van der Waals surface area contributed by atoms with Crippen molar-refractivity contribution in [3.05, 3.63) is 97.2 Å². The Morgan fingerprint density at radius 3 is 2.44 bits per heavy atom. The summed E-state index contributed by atoms with van der Waals surface area (Å²) in [6.45, 7) is 9.03. The second kappa shape index (κ2) is 17.7. The molecule has 1 aromatic heterocycles. The highest BCUT2D eigenvalue weighted by Crippen LogP contribution is 2.21. The lowest BCUT2D eigenvalue weighted by Crippen LogP contribution is -2.45. The number of benzene rings is 2. The van der Waals surface area contributed by atoms with E-state index in [4.69, 9.17) is 4.74 Å². The summed E-state index contributed by atoms with van der Waals surface area (Å²) in [5.41, 5.74) is 3.02. The maximum atomic E-state index is 13.5. The molecular formula is C35H45N3O5. The number of ether oxygens (including phenoxy) is 1. The van der Waals surface area contributed by atoms with E-state index in [2.05, 4.69) is 28.8 Å². The standard InChI is InChI=1S/C35H45N3O5/c1-4-6-8-16-28(19-26-14-9-7-10-15-26)35(42)43-24-30(20-29-22-36-32-18-12-11-17-31(29)32)38-34(41)27(13-5-2)21-33(40)37-25(3)23-39/h4-5,7,9-12,14-15,17-18,22,25,27-28,30,36,39H,1-2,6,8,13,16,19-21,23-24H2,3H3,(H,37,40)(H,38,41)/t25-,27-,28+,30-/m0/s1. The molecule has 0 saturated carbocycles. The predicted molar refractivity (Wildman–Crippen MR) is 170 cm³/mol. The van der Waals surface area contributed by atoms with E-state index in [-0.39, 0.29) is 43.3 Å². The third-order valence-corrected chi connectivity index (χ3v) is 7.47. The maximum absolute atomic E-state index is 13.5. The Balaban J connectivity index is 1.76. The van der Waals surface area contributed by atoms with E-state index in [0.717, 1.165) is 34.9 Å². The molecule has 4 N–H and O–H groups in total. The van der Waals surface area contributed by atoms with Gasteiger partial charge in [0.1, 0.15) is 6.61 Å². The summed E-state index contributed by atoms with van der Waals surface area (Å²) in [5, 5.41) is 16.0. The Morgan fingerprint density at radius 2 is 1.72 bits per heavy atom. The van der Waals surface area contributed by atoms with Gasteiger partial charge in [0, 0.05) is 29.6 Å². The van der Waals surface area contributed by atoms with Crippen molar-refractivity contribution in [1.29, 1.82) is 0 Å². The van der Waals surface area contributed by atoms with E-state index in [0.29, 0.717) is 25.7 Å². The number of nitrogens with one attached hydrogen (secondary N) is 3. The number of rotatable bonds is 19. The molecule has 3 aromatic rings. The molecule has 230 valence electrons. The molecule has 2 aromatic carbocycles. The fraction of sp³-hybridized carbons (Fsp3) is 0.400. The number of aromatic nitrogens is 1. The van der Waals surface area contributed by atoms with Crippen LogP contribution in [0.5, 0.6) is 0 Å². The van der Waals surface area contributed by atoms with Crippen LogP contribution in [0.15, 0.2) is 86.1 Å². The number of aromatic amines is 1. The number of esters is 1. The van der Waals surface area contributed by atoms with E-state index < -0.39 is 18.0 Å². The number of carbonyl (C=O) groups is 3. The fourth-order valence-electron chi connectivity index (χ4n) is 5.14. The lowest BCUT2D eigenvalue weighted by atomic mass is 9.94. The molecule has 3 rings (SSSR count). The molecule has 0 bridgehead atoms. The number of hydrogen-bond donors (Lipinski definition) is 4. The molecule has 8 nitrogen and oxygen atoms in total. The fourth-order valence-corrected chi connectivity index (χ4v) is 5.14. The third kappa shape index (κ3) is 10.9. The van der Waals surface area contributed by atoms with Crippen LogP contribution in [0.4, 0.5) is 0 Å². The van der Waals surface area contributed by atoms with Gasteiger partial charge in [-0.25, -0.2) is 0 Å². The number of carbonyl (C=O) groups excluding carboxylic acids is 3. The summed E-state index contributed by atoms with van der Waals surface area (Å²) >= 11 is 0. The molecule has 0 saturated heterocycles. The van der Waals surface area contributed by atoms with Crippen molar-refractivity contribution in [2.75, 3.05) is 13.2 Å². The van der Waals surface area contributed by atoms with Crippen LogP contribution in [-0.4, -0.2) is 53.2 Å². The van der Waals surface area contributed by atoms with Crippen LogP contribution >= 0.6 is 0 Å². The monoisotopic (exact) mass is 587 g/mol. The normalized spacial score (nSPS) is 13.8. The van der Waals surface area contributed by atoms with Crippen LogP contribution in [0.25, 0.3) is 10.9 Å². The van der Waals surface area contributed by atoms with E-state index >= 15 is 0 Å². The summed E-state index contributed by atoms with van der Waals surface area (Å²) in [6, 6.07) is 16.8. The molecule has 0 aliphatic carbocycles. The van der Waals surface area contributed by atoms with Crippen molar-refractivity contribution in [2.45, 2.75) is 64.0 Å². The van der Waals surface area contributed by atoms with Gasteiger partial charge in [-0.2, -0.15) is 0 Å². The zero-order valence-corrected chi connectivity index (χ0v) is 25.1. The number of fused-ring (bicyclic) bond motifs is 1. The van der Waals surface area contributed by atoms with Gasteiger partial charge in [-0.1, -0.05) is 60.7 Å². The highest BCUT2D eigenvalue weighted by molar-refractivity contribution is 5.86. The summed E-state index contributed by atoms with van der Waals surface area (Å²) < 4.78 is 5.90. The quantitative estimate of drug-likeness (QED) is 0.0891. The van der Waals surface area contributed by atoms with Crippen LogP contribution in [0.2, 0.25) is 0 Å². The number of amides is 2. The maximum Gasteiger partial charge on any atom is 0.309 e. The number of H-pyrrole nitrogens is 1. The number of para-hydroxylation sites is 1. The average molecular weight is 588 g/mol. The number of hydrogen-bond acceptors (Lipinski definition) is 5. The van der Waals surface area contributed by atoms with Gasteiger partial charge in [-0.3, -0.25) is 14.4 Å². The van der Waals surface area contributed by atoms with Crippen molar-refractivity contribution in [1.82, 2.24) is 15.6 Å². The Hall–Kier alpha value is -4.17. The summed E-state index contributed by atoms with van der Waals surface area (Å²) in [4.78, 5) is 42.7. The zero-order chi connectivity index (χ0) is 31.0. The van der Waals surface area contributed by atoms with Crippen molar-refractivity contribution in [3.8, 4) is 0 Å². The molecule has 0 aliphatic heterocycles. The van der Waals surface area contributed by atoms with Crippen molar-refractivity contribution < 1.29 is 24.2 Å². The van der Waals surface area contributed by atoms with E-state index in [9.17, 15) is 19.5 Å². The number of unbranched alkanes of at least 4 members (excludes halogenated alkanes) is 1. The smallest absolute Gasteiger partial charge is 0.309 e. The number of allylic oxidation sites excluding steroid dienone is 2. The molecule has 1 heterocycles. The highest BCUT2D eigenvalue weighted by Gasteiger charge is 2.27. The Kier molecular flexibility index (Phi) is 13.7. The van der Waals surface area contributed by atoms with E-state index in [1.54, 1.807) is 13.0 Å². The van der Waals surface area contributed by atoms with Crippen molar-refractivity contribution in [2.24, 2.45) is 11.8 Å². The van der Waals surface area contributed by atoms with E-state index in [1.807, 2.05) is 66.9 Å². The largest absolute Gasteiger partial charge is 0.463 e. The highest BCUT2D eigenvalue weighted by atomic mass is 16.5. The average Bonchev–Trinajstić information content (AvgIpc) is 3.42. The molecule has 0 fully saturated rings. The van der Waals surface area contributed by atoms with Gasteiger partial charge in [0.2, 0.25) is 11.8 Å². The zero-order valence-electron chi connectivity index (χ0n) is 25.1. The van der Waals surface area contributed by atoms with Gasteiger partial charge in [-0.15, -0.1) is 13.2 Å². The molecule has 8 heteroatoms. The van der Waals surface area contributed by atoms with Crippen LogP contribution in [-0.2, 0) is 32.0 Å².